The Morgan fingerprint density at radius 1 is 1.39 bits per heavy atom. The van der Waals surface area contributed by atoms with Crippen LogP contribution in [-0.4, -0.2) is 21.3 Å². The minimum atomic E-state index is -0.0341. The third-order valence-corrected chi connectivity index (χ3v) is 3.65. The molecule has 0 radical (unpaired) electrons. The van der Waals surface area contributed by atoms with Crippen LogP contribution in [0.1, 0.15) is 19.0 Å². The second-order valence-corrected chi connectivity index (χ2v) is 5.07. The Hall–Kier alpha value is -1.69. The van der Waals surface area contributed by atoms with Gasteiger partial charge in [-0.15, -0.1) is 10.2 Å². The summed E-state index contributed by atoms with van der Waals surface area (Å²) >= 11 is 1.41. The molecule has 2 heterocycles. The maximum Gasteiger partial charge on any atom is 0.260 e. The normalized spacial score (nSPS) is 10.6. The Labute approximate surface area is 110 Å². The summed E-state index contributed by atoms with van der Waals surface area (Å²) in [6, 6.07) is 3.72. The standard InChI is InChI=1S/C12H16N4OS/c1-4-7-13-12-15-14-10(18-12)9-6-5-8(2)16(3)11(9)17/h5-6H,4,7H2,1-3H3,(H,13,15). The van der Waals surface area contributed by atoms with Crippen molar-refractivity contribution in [3.05, 3.63) is 28.2 Å². The van der Waals surface area contributed by atoms with E-state index in [0.717, 1.165) is 23.8 Å². The van der Waals surface area contributed by atoms with Crippen LogP contribution in [0.4, 0.5) is 5.13 Å². The molecule has 0 atom stereocenters. The highest BCUT2D eigenvalue weighted by Crippen LogP contribution is 2.23. The van der Waals surface area contributed by atoms with Crippen LogP contribution >= 0.6 is 11.3 Å². The first kappa shape index (κ1) is 12.8. The van der Waals surface area contributed by atoms with Crippen LogP contribution in [0.15, 0.2) is 16.9 Å². The first-order chi connectivity index (χ1) is 8.63. The monoisotopic (exact) mass is 264 g/mol. The third kappa shape index (κ3) is 2.43. The van der Waals surface area contributed by atoms with E-state index in [0.29, 0.717) is 10.6 Å². The summed E-state index contributed by atoms with van der Waals surface area (Å²) in [6.07, 6.45) is 1.03. The van der Waals surface area contributed by atoms with Gasteiger partial charge in [0, 0.05) is 19.3 Å². The van der Waals surface area contributed by atoms with E-state index >= 15 is 0 Å². The van der Waals surface area contributed by atoms with Gasteiger partial charge in [-0.1, -0.05) is 18.3 Å². The Kier molecular flexibility index (Phi) is 3.76. The molecule has 0 bridgehead atoms. The molecule has 0 amide bonds. The molecular weight excluding hydrogens is 248 g/mol. The van der Waals surface area contributed by atoms with Crippen LogP contribution < -0.4 is 10.9 Å². The molecule has 0 fully saturated rings. The molecule has 0 spiro atoms. The van der Waals surface area contributed by atoms with Gasteiger partial charge in [0.1, 0.15) is 0 Å². The zero-order chi connectivity index (χ0) is 13.1. The highest BCUT2D eigenvalue weighted by molar-refractivity contribution is 7.18. The molecule has 96 valence electrons. The third-order valence-electron chi connectivity index (χ3n) is 2.74. The van der Waals surface area contributed by atoms with Crippen molar-refractivity contribution in [3.8, 4) is 10.6 Å². The summed E-state index contributed by atoms with van der Waals surface area (Å²) in [6.45, 7) is 4.85. The van der Waals surface area contributed by atoms with Crippen LogP contribution in [0, 0.1) is 6.92 Å². The Morgan fingerprint density at radius 2 is 2.17 bits per heavy atom. The lowest BCUT2D eigenvalue weighted by molar-refractivity contribution is 0.820. The van der Waals surface area contributed by atoms with Crippen LogP contribution in [0.2, 0.25) is 0 Å². The highest BCUT2D eigenvalue weighted by atomic mass is 32.1. The first-order valence-electron chi connectivity index (χ1n) is 5.88. The van der Waals surface area contributed by atoms with Gasteiger partial charge in [0.2, 0.25) is 5.13 Å². The minimum absolute atomic E-state index is 0.0341. The largest absolute Gasteiger partial charge is 0.360 e. The fraction of sp³-hybridized carbons (Fsp3) is 0.417. The molecule has 6 heteroatoms. The fourth-order valence-corrected chi connectivity index (χ4v) is 2.31. The molecule has 0 aliphatic heterocycles. The number of rotatable bonds is 4. The van der Waals surface area contributed by atoms with Crippen LogP contribution in [0.3, 0.4) is 0 Å². The smallest absolute Gasteiger partial charge is 0.260 e. The maximum absolute atomic E-state index is 12.1. The van der Waals surface area contributed by atoms with E-state index in [9.17, 15) is 4.79 Å². The van der Waals surface area contributed by atoms with Gasteiger partial charge in [-0.05, 0) is 25.5 Å². The van der Waals surface area contributed by atoms with Gasteiger partial charge in [-0.3, -0.25) is 4.79 Å². The molecule has 18 heavy (non-hydrogen) atoms. The number of nitrogens with one attached hydrogen (secondary N) is 1. The molecule has 2 aromatic heterocycles. The van der Waals surface area contributed by atoms with Gasteiger partial charge in [0.25, 0.3) is 5.56 Å². The van der Waals surface area contributed by atoms with E-state index in [4.69, 9.17) is 0 Å². The van der Waals surface area contributed by atoms with Crippen molar-refractivity contribution < 1.29 is 0 Å². The number of aromatic nitrogens is 3. The minimum Gasteiger partial charge on any atom is -0.360 e. The summed E-state index contributed by atoms with van der Waals surface area (Å²) in [5, 5.41) is 12.7. The van der Waals surface area contributed by atoms with Crippen LogP contribution in [0.5, 0.6) is 0 Å². The summed E-state index contributed by atoms with van der Waals surface area (Å²) in [4.78, 5) is 12.1. The summed E-state index contributed by atoms with van der Waals surface area (Å²) in [5.74, 6) is 0. The van der Waals surface area contributed by atoms with E-state index in [-0.39, 0.29) is 5.56 Å². The predicted octanol–water partition coefficient (Wildman–Crippen LogP) is 2.03. The summed E-state index contributed by atoms with van der Waals surface area (Å²) in [5.41, 5.74) is 1.50. The van der Waals surface area contributed by atoms with Gasteiger partial charge in [-0.2, -0.15) is 0 Å². The molecule has 2 aromatic rings. The second-order valence-electron chi connectivity index (χ2n) is 4.09. The molecule has 1 N–H and O–H groups in total. The van der Waals surface area contributed by atoms with Crippen LogP contribution in [-0.2, 0) is 7.05 Å². The van der Waals surface area contributed by atoms with Crippen molar-refractivity contribution in [2.45, 2.75) is 20.3 Å². The number of hydrogen-bond donors (Lipinski definition) is 1. The van der Waals surface area contributed by atoms with Crippen molar-refractivity contribution in [3.63, 3.8) is 0 Å². The molecule has 0 aromatic carbocycles. The number of aryl methyl sites for hydroxylation is 1. The number of nitrogens with zero attached hydrogens (tertiary/aromatic N) is 3. The highest BCUT2D eigenvalue weighted by Gasteiger charge is 2.11. The Morgan fingerprint density at radius 3 is 2.89 bits per heavy atom. The Bertz CT molecular complexity index is 602. The maximum atomic E-state index is 12.1. The molecule has 5 nitrogen and oxygen atoms in total. The molecule has 0 saturated heterocycles. The molecule has 0 aliphatic rings. The molecule has 0 saturated carbocycles. The van der Waals surface area contributed by atoms with E-state index in [1.54, 1.807) is 11.6 Å². The molecule has 2 rings (SSSR count). The van der Waals surface area contributed by atoms with Crippen LogP contribution in [0.25, 0.3) is 10.6 Å². The van der Waals surface area contributed by atoms with Gasteiger partial charge >= 0.3 is 0 Å². The van der Waals surface area contributed by atoms with E-state index < -0.39 is 0 Å². The van der Waals surface area contributed by atoms with Crippen molar-refractivity contribution in [2.24, 2.45) is 7.05 Å². The van der Waals surface area contributed by atoms with Crippen molar-refractivity contribution >= 4 is 16.5 Å². The van der Waals surface area contributed by atoms with Gasteiger partial charge in [0.05, 0.1) is 5.56 Å². The zero-order valence-electron chi connectivity index (χ0n) is 10.7. The molecule has 0 unspecified atom stereocenters. The fourth-order valence-electron chi connectivity index (χ4n) is 1.53. The van der Waals surface area contributed by atoms with E-state index in [2.05, 4.69) is 22.4 Å². The molecular formula is C12H16N4OS. The molecule has 0 aliphatic carbocycles. The summed E-state index contributed by atoms with van der Waals surface area (Å²) < 4.78 is 1.62. The van der Waals surface area contributed by atoms with Gasteiger partial charge in [-0.25, -0.2) is 0 Å². The predicted molar refractivity (Wildman–Crippen MR) is 74.1 cm³/mol. The zero-order valence-corrected chi connectivity index (χ0v) is 11.5. The quantitative estimate of drug-likeness (QED) is 0.918. The van der Waals surface area contributed by atoms with E-state index in [1.165, 1.54) is 11.3 Å². The number of pyridine rings is 1. The Balaban J connectivity index is 2.35. The lowest BCUT2D eigenvalue weighted by atomic mass is 10.2. The SMILES string of the molecule is CCCNc1nnc(-c2ccc(C)n(C)c2=O)s1. The van der Waals surface area contributed by atoms with Crippen molar-refractivity contribution in [1.82, 2.24) is 14.8 Å². The van der Waals surface area contributed by atoms with Crippen molar-refractivity contribution in [1.29, 1.82) is 0 Å². The lowest BCUT2D eigenvalue weighted by Gasteiger charge is -2.03. The average molecular weight is 264 g/mol. The number of hydrogen-bond acceptors (Lipinski definition) is 5. The summed E-state index contributed by atoms with van der Waals surface area (Å²) in [7, 11) is 1.76. The number of anilines is 1. The van der Waals surface area contributed by atoms with Crippen molar-refractivity contribution in [2.75, 3.05) is 11.9 Å². The second kappa shape index (κ2) is 5.30. The van der Waals surface area contributed by atoms with E-state index in [1.807, 2.05) is 19.1 Å². The van der Waals surface area contributed by atoms with Gasteiger partial charge < -0.3 is 9.88 Å². The van der Waals surface area contributed by atoms with Gasteiger partial charge in [0.15, 0.2) is 5.01 Å². The average Bonchev–Trinajstić information content (AvgIpc) is 2.82. The topological polar surface area (TPSA) is 59.8 Å². The lowest BCUT2D eigenvalue weighted by Crippen LogP contribution is -2.20. The first-order valence-corrected chi connectivity index (χ1v) is 6.69.